The summed E-state index contributed by atoms with van der Waals surface area (Å²) in [5.41, 5.74) is 0.426. The molecular weight excluding hydrogens is 194 g/mol. The summed E-state index contributed by atoms with van der Waals surface area (Å²) in [6, 6.07) is 0. The number of hydrogen-bond acceptors (Lipinski definition) is 3. The van der Waals surface area contributed by atoms with Gasteiger partial charge in [0.05, 0.1) is 12.5 Å². The van der Waals surface area contributed by atoms with Crippen molar-refractivity contribution in [2.24, 2.45) is 0 Å². The summed E-state index contributed by atoms with van der Waals surface area (Å²) < 4.78 is 1.55. The molecule has 0 radical (unpaired) electrons. The van der Waals surface area contributed by atoms with Crippen molar-refractivity contribution in [1.29, 1.82) is 0 Å². The molecule has 0 bridgehead atoms. The number of carbonyl (C=O) groups excluding carboxylic acids is 2. The van der Waals surface area contributed by atoms with Crippen LogP contribution in [0.15, 0.2) is 12.5 Å². The fourth-order valence-electron chi connectivity index (χ4n) is 1.38. The maximum absolute atomic E-state index is 11.7. The van der Waals surface area contributed by atoms with Crippen LogP contribution in [-0.2, 0) is 11.3 Å². The van der Waals surface area contributed by atoms with E-state index in [1.807, 2.05) is 13.8 Å². The van der Waals surface area contributed by atoms with Crippen molar-refractivity contribution in [3.05, 3.63) is 18.2 Å². The molecule has 1 heterocycles. The summed E-state index contributed by atoms with van der Waals surface area (Å²) >= 11 is 0. The highest BCUT2D eigenvalue weighted by molar-refractivity contribution is 5.78. The molecule has 0 unspecified atom stereocenters. The second kappa shape index (κ2) is 5.29. The second-order valence-corrected chi connectivity index (χ2v) is 3.13. The molecule has 1 rings (SSSR count). The number of amides is 1. The normalized spacial score (nSPS) is 10.0. The summed E-state index contributed by atoms with van der Waals surface area (Å²) in [6.45, 7) is 5.39. The Bertz CT molecular complexity index is 342. The number of aldehydes is 1. The maximum atomic E-state index is 11.7. The molecule has 0 aromatic carbocycles. The molecule has 0 atom stereocenters. The Morgan fingerprint density at radius 2 is 2.20 bits per heavy atom. The summed E-state index contributed by atoms with van der Waals surface area (Å²) in [5, 5.41) is 0. The van der Waals surface area contributed by atoms with Gasteiger partial charge < -0.3 is 9.47 Å². The number of likely N-dealkylation sites (N-methyl/N-ethyl adjacent to an activating group) is 1. The Morgan fingerprint density at radius 3 is 2.73 bits per heavy atom. The van der Waals surface area contributed by atoms with Crippen LogP contribution < -0.4 is 0 Å². The Balaban J connectivity index is 2.69. The summed E-state index contributed by atoms with van der Waals surface area (Å²) in [6.07, 6.45) is 3.64. The second-order valence-electron chi connectivity index (χ2n) is 3.13. The number of nitrogens with zero attached hydrogens (tertiary/aromatic N) is 3. The average molecular weight is 209 g/mol. The van der Waals surface area contributed by atoms with Gasteiger partial charge >= 0.3 is 0 Å². The molecule has 0 fully saturated rings. The molecular formula is C10H15N3O2. The van der Waals surface area contributed by atoms with Crippen LogP contribution in [0.4, 0.5) is 0 Å². The third-order valence-electron chi connectivity index (χ3n) is 2.29. The van der Waals surface area contributed by atoms with E-state index in [1.54, 1.807) is 9.47 Å². The van der Waals surface area contributed by atoms with E-state index in [0.717, 1.165) is 0 Å². The van der Waals surface area contributed by atoms with Crippen LogP contribution in [0.3, 0.4) is 0 Å². The van der Waals surface area contributed by atoms with Crippen LogP contribution >= 0.6 is 0 Å². The number of aromatic nitrogens is 2. The first-order valence-corrected chi connectivity index (χ1v) is 4.96. The predicted molar refractivity (Wildman–Crippen MR) is 55.5 cm³/mol. The van der Waals surface area contributed by atoms with Crippen molar-refractivity contribution < 1.29 is 9.59 Å². The van der Waals surface area contributed by atoms with E-state index >= 15 is 0 Å². The molecule has 0 saturated carbocycles. The third-order valence-corrected chi connectivity index (χ3v) is 2.29. The zero-order valence-electron chi connectivity index (χ0n) is 9.01. The van der Waals surface area contributed by atoms with E-state index in [0.29, 0.717) is 25.1 Å². The van der Waals surface area contributed by atoms with Crippen molar-refractivity contribution >= 4 is 12.2 Å². The van der Waals surface area contributed by atoms with Gasteiger partial charge in [0, 0.05) is 13.1 Å². The first kappa shape index (κ1) is 11.4. The molecule has 82 valence electrons. The van der Waals surface area contributed by atoms with Gasteiger partial charge in [-0.05, 0) is 13.8 Å². The Morgan fingerprint density at radius 1 is 1.53 bits per heavy atom. The van der Waals surface area contributed by atoms with E-state index < -0.39 is 0 Å². The van der Waals surface area contributed by atoms with Crippen LogP contribution in [0.1, 0.15) is 24.3 Å². The molecule has 0 aliphatic rings. The molecule has 0 aliphatic heterocycles. The largest absolute Gasteiger partial charge is 0.342 e. The van der Waals surface area contributed by atoms with Gasteiger partial charge in [-0.25, -0.2) is 4.98 Å². The zero-order chi connectivity index (χ0) is 11.3. The van der Waals surface area contributed by atoms with Gasteiger partial charge in [-0.15, -0.1) is 0 Å². The molecule has 5 nitrogen and oxygen atoms in total. The molecule has 1 aromatic heterocycles. The standard InChI is InChI=1S/C10H15N3O2/c1-3-12(4-2)10(15)6-13-8-11-5-9(13)7-14/h5,7-8H,3-4,6H2,1-2H3. The molecule has 0 aliphatic carbocycles. The number of rotatable bonds is 5. The summed E-state index contributed by atoms with van der Waals surface area (Å²) in [4.78, 5) is 27.8. The fourth-order valence-corrected chi connectivity index (χ4v) is 1.38. The topological polar surface area (TPSA) is 55.2 Å². The first-order chi connectivity index (χ1) is 7.22. The van der Waals surface area contributed by atoms with E-state index in [4.69, 9.17) is 0 Å². The zero-order valence-corrected chi connectivity index (χ0v) is 9.01. The monoisotopic (exact) mass is 209 g/mol. The highest BCUT2D eigenvalue weighted by Gasteiger charge is 2.11. The van der Waals surface area contributed by atoms with Gasteiger partial charge in [-0.3, -0.25) is 9.59 Å². The number of carbonyl (C=O) groups is 2. The minimum Gasteiger partial charge on any atom is -0.342 e. The van der Waals surface area contributed by atoms with Crippen LogP contribution in [0, 0.1) is 0 Å². The van der Waals surface area contributed by atoms with Gasteiger partial charge in [0.2, 0.25) is 5.91 Å². The van der Waals surface area contributed by atoms with Gasteiger partial charge in [0.15, 0.2) is 6.29 Å². The van der Waals surface area contributed by atoms with Crippen molar-refractivity contribution in [2.75, 3.05) is 13.1 Å². The molecule has 5 heteroatoms. The summed E-state index contributed by atoms with van der Waals surface area (Å²) in [7, 11) is 0. The molecule has 0 N–H and O–H groups in total. The molecule has 0 spiro atoms. The van der Waals surface area contributed by atoms with E-state index in [9.17, 15) is 9.59 Å². The maximum Gasteiger partial charge on any atom is 0.242 e. The van der Waals surface area contributed by atoms with Crippen molar-refractivity contribution in [2.45, 2.75) is 20.4 Å². The van der Waals surface area contributed by atoms with E-state index in [1.165, 1.54) is 12.5 Å². The lowest BCUT2D eigenvalue weighted by Gasteiger charge is -2.18. The minimum absolute atomic E-state index is 0.00102. The molecule has 1 amide bonds. The van der Waals surface area contributed by atoms with Crippen molar-refractivity contribution in [3.63, 3.8) is 0 Å². The lowest BCUT2D eigenvalue weighted by atomic mass is 10.4. The smallest absolute Gasteiger partial charge is 0.242 e. The Hall–Kier alpha value is -1.65. The van der Waals surface area contributed by atoms with Gasteiger partial charge in [-0.2, -0.15) is 0 Å². The molecule has 15 heavy (non-hydrogen) atoms. The van der Waals surface area contributed by atoms with Crippen LogP contribution in [0.2, 0.25) is 0 Å². The van der Waals surface area contributed by atoms with E-state index in [-0.39, 0.29) is 12.5 Å². The van der Waals surface area contributed by atoms with Gasteiger partial charge in [-0.1, -0.05) is 0 Å². The molecule has 0 saturated heterocycles. The Labute approximate surface area is 88.7 Å². The lowest BCUT2D eigenvalue weighted by Crippen LogP contribution is -2.33. The third kappa shape index (κ3) is 2.65. The quantitative estimate of drug-likeness (QED) is 0.666. The van der Waals surface area contributed by atoms with Crippen LogP contribution in [-0.4, -0.2) is 39.7 Å². The van der Waals surface area contributed by atoms with Crippen molar-refractivity contribution in [1.82, 2.24) is 14.5 Å². The van der Waals surface area contributed by atoms with Gasteiger partial charge in [0.25, 0.3) is 0 Å². The minimum atomic E-state index is 0.00102. The van der Waals surface area contributed by atoms with Crippen LogP contribution in [0.25, 0.3) is 0 Å². The highest BCUT2D eigenvalue weighted by Crippen LogP contribution is 1.98. The Kier molecular flexibility index (Phi) is 4.03. The van der Waals surface area contributed by atoms with Gasteiger partial charge in [0.1, 0.15) is 12.2 Å². The van der Waals surface area contributed by atoms with E-state index in [2.05, 4.69) is 4.98 Å². The SMILES string of the molecule is CCN(CC)C(=O)Cn1cncc1C=O. The molecule has 1 aromatic rings. The average Bonchev–Trinajstić information content (AvgIpc) is 2.67. The first-order valence-electron chi connectivity index (χ1n) is 4.96. The van der Waals surface area contributed by atoms with Crippen LogP contribution in [0.5, 0.6) is 0 Å². The summed E-state index contributed by atoms with van der Waals surface area (Å²) in [5.74, 6) is 0.00102. The lowest BCUT2D eigenvalue weighted by molar-refractivity contribution is -0.131. The predicted octanol–water partition coefficient (Wildman–Crippen LogP) is 0.564. The fraction of sp³-hybridized carbons (Fsp3) is 0.500. The number of hydrogen-bond donors (Lipinski definition) is 0. The van der Waals surface area contributed by atoms with Crippen molar-refractivity contribution in [3.8, 4) is 0 Å². The highest BCUT2D eigenvalue weighted by atomic mass is 16.2. The number of imidazole rings is 1.